The molecule has 1 N–H and O–H groups in total. The zero-order valence-corrected chi connectivity index (χ0v) is 18.3. The molecule has 0 fully saturated rings. The zero-order chi connectivity index (χ0) is 22.8. The van der Waals surface area contributed by atoms with E-state index in [0.29, 0.717) is 17.1 Å². The number of aromatic nitrogens is 1. The molecule has 1 heterocycles. The number of benzene rings is 2. The van der Waals surface area contributed by atoms with Gasteiger partial charge in [-0.15, -0.1) is 6.58 Å². The summed E-state index contributed by atoms with van der Waals surface area (Å²) in [6.45, 7) is 6.81. The number of carbonyl (C=O) groups is 1. The number of halogens is 2. The summed E-state index contributed by atoms with van der Waals surface area (Å²) in [4.78, 5) is 12.4. The number of hydrogen-bond acceptors (Lipinski definition) is 5. The van der Waals surface area contributed by atoms with Gasteiger partial charge in [0.1, 0.15) is 22.1 Å². The van der Waals surface area contributed by atoms with Gasteiger partial charge in [-0.3, -0.25) is 9.10 Å². The van der Waals surface area contributed by atoms with E-state index in [-0.39, 0.29) is 27.7 Å². The number of rotatable bonds is 7. The number of hydrogen-bond donors (Lipinski definition) is 1. The lowest BCUT2D eigenvalue weighted by molar-refractivity contribution is 0.102. The molecule has 3 aromatic rings. The van der Waals surface area contributed by atoms with Gasteiger partial charge in [-0.25, -0.2) is 12.8 Å². The van der Waals surface area contributed by atoms with Crippen molar-refractivity contribution in [1.29, 1.82) is 0 Å². The van der Waals surface area contributed by atoms with Crippen LogP contribution < -0.4 is 9.62 Å². The molecule has 162 valence electrons. The first-order chi connectivity index (χ1) is 14.6. The molecule has 0 unspecified atom stereocenters. The third kappa shape index (κ3) is 4.62. The normalized spacial score (nSPS) is 11.2. The maximum absolute atomic E-state index is 13.4. The number of nitrogens with one attached hydrogen (secondary N) is 1. The average Bonchev–Trinajstić information content (AvgIpc) is 3.05. The van der Waals surface area contributed by atoms with Crippen LogP contribution >= 0.6 is 11.6 Å². The number of amides is 1. The predicted octanol–water partition coefficient (Wildman–Crippen LogP) is 4.72. The highest BCUT2D eigenvalue weighted by molar-refractivity contribution is 7.93. The van der Waals surface area contributed by atoms with Gasteiger partial charge in [0.2, 0.25) is 0 Å². The van der Waals surface area contributed by atoms with Crippen molar-refractivity contribution in [3.05, 3.63) is 83.0 Å². The Balaban J connectivity index is 2.01. The molecule has 0 aliphatic rings. The lowest BCUT2D eigenvalue weighted by Crippen LogP contribution is -2.31. The molecular formula is C21H19ClFN3O4S. The van der Waals surface area contributed by atoms with Crippen LogP contribution in [0.4, 0.5) is 15.8 Å². The quantitative estimate of drug-likeness (QED) is 0.512. The van der Waals surface area contributed by atoms with Gasteiger partial charge in [0, 0.05) is 5.56 Å². The lowest BCUT2D eigenvalue weighted by Gasteiger charge is -2.24. The summed E-state index contributed by atoms with van der Waals surface area (Å²) in [7, 11) is -4.20. The molecule has 10 heteroatoms. The Bertz CT molecular complexity index is 1220. The van der Waals surface area contributed by atoms with Crippen LogP contribution in [0.3, 0.4) is 0 Å². The van der Waals surface area contributed by atoms with E-state index in [1.165, 1.54) is 36.4 Å². The van der Waals surface area contributed by atoms with Crippen molar-refractivity contribution in [2.24, 2.45) is 0 Å². The monoisotopic (exact) mass is 463 g/mol. The van der Waals surface area contributed by atoms with Gasteiger partial charge in [-0.1, -0.05) is 22.8 Å². The summed E-state index contributed by atoms with van der Waals surface area (Å²) in [6.07, 6.45) is 1.39. The Hall–Kier alpha value is -3.17. The van der Waals surface area contributed by atoms with Gasteiger partial charge in [0.05, 0.1) is 17.3 Å². The summed E-state index contributed by atoms with van der Waals surface area (Å²) in [5, 5.41) is 6.36. The molecule has 0 saturated carbocycles. The Kier molecular flexibility index (Phi) is 6.47. The van der Waals surface area contributed by atoms with Gasteiger partial charge in [-0.2, -0.15) is 0 Å². The Morgan fingerprint density at radius 2 is 1.94 bits per heavy atom. The molecule has 1 amide bonds. The van der Waals surface area contributed by atoms with Crippen molar-refractivity contribution >= 4 is 38.9 Å². The fraction of sp³-hybridized carbons (Fsp3) is 0.143. The van der Waals surface area contributed by atoms with Gasteiger partial charge in [0.25, 0.3) is 15.9 Å². The zero-order valence-electron chi connectivity index (χ0n) is 16.7. The minimum atomic E-state index is -4.20. The van der Waals surface area contributed by atoms with E-state index >= 15 is 0 Å². The van der Waals surface area contributed by atoms with Crippen LogP contribution in [0.2, 0.25) is 5.02 Å². The van der Waals surface area contributed by atoms with Crippen molar-refractivity contribution < 1.29 is 22.1 Å². The van der Waals surface area contributed by atoms with Crippen LogP contribution in [0.1, 0.15) is 21.8 Å². The Morgan fingerprint density at radius 1 is 1.26 bits per heavy atom. The average molecular weight is 464 g/mol. The molecule has 0 bridgehead atoms. The third-order valence-electron chi connectivity index (χ3n) is 4.44. The van der Waals surface area contributed by atoms with Crippen LogP contribution in [0.15, 0.2) is 64.5 Å². The van der Waals surface area contributed by atoms with Gasteiger partial charge >= 0.3 is 0 Å². The largest absolute Gasteiger partial charge is 0.359 e. The molecule has 0 aliphatic heterocycles. The van der Waals surface area contributed by atoms with Crippen LogP contribution in [0.25, 0.3) is 0 Å². The van der Waals surface area contributed by atoms with Crippen LogP contribution in [-0.2, 0) is 10.0 Å². The second kappa shape index (κ2) is 8.91. The molecule has 7 nitrogen and oxygen atoms in total. The van der Waals surface area contributed by atoms with Crippen LogP contribution in [0.5, 0.6) is 0 Å². The smallest absolute Gasteiger partial charge is 0.266 e. The molecule has 2 aromatic carbocycles. The summed E-state index contributed by atoms with van der Waals surface area (Å²) < 4.78 is 46.1. The van der Waals surface area contributed by atoms with Crippen molar-refractivity contribution in [3.8, 4) is 0 Å². The predicted molar refractivity (Wildman–Crippen MR) is 117 cm³/mol. The van der Waals surface area contributed by atoms with E-state index < -0.39 is 21.7 Å². The first-order valence-electron chi connectivity index (χ1n) is 9.08. The minimum absolute atomic E-state index is 0.0648. The molecule has 3 rings (SSSR count). The van der Waals surface area contributed by atoms with Crippen molar-refractivity contribution in [2.45, 2.75) is 18.7 Å². The van der Waals surface area contributed by atoms with E-state index in [2.05, 4.69) is 17.1 Å². The molecule has 0 spiro atoms. The van der Waals surface area contributed by atoms with Crippen molar-refractivity contribution in [1.82, 2.24) is 5.16 Å². The molecule has 0 saturated heterocycles. The second-order valence-electron chi connectivity index (χ2n) is 6.60. The summed E-state index contributed by atoms with van der Waals surface area (Å²) in [5.74, 6) is -0.642. The highest BCUT2D eigenvalue weighted by Crippen LogP contribution is 2.30. The molecule has 0 aliphatic carbocycles. The molecular weight excluding hydrogens is 445 g/mol. The van der Waals surface area contributed by atoms with Crippen LogP contribution in [-0.4, -0.2) is 26.0 Å². The molecule has 31 heavy (non-hydrogen) atoms. The highest BCUT2D eigenvalue weighted by Gasteiger charge is 2.28. The number of sulfonamides is 1. The topological polar surface area (TPSA) is 92.5 Å². The van der Waals surface area contributed by atoms with Crippen LogP contribution in [0, 0.1) is 19.7 Å². The first-order valence-corrected chi connectivity index (χ1v) is 10.9. The maximum Gasteiger partial charge on any atom is 0.266 e. The molecule has 0 radical (unpaired) electrons. The SMILES string of the molecule is C=CCN(c1ccc(F)cc1)S(=O)(=O)c1cc(C(=O)Nc2c(C)noc2C)ccc1Cl. The van der Waals surface area contributed by atoms with Crippen molar-refractivity contribution in [3.63, 3.8) is 0 Å². The third-order valence-corrected chi connectivity index (χ3v) is 6.72. The molecule has 1 aromatic heterocycles. The van der Waals surface area contributed by atoms with E-state index in [0.717, 1.165) is 16.4 Å². The molecule has 0 atom stereocenters. The minimum Gasteiger partial charge on any atom is -0.359 e. The Labute approximate surface area is 184 Å². The number of nitrogens with zero attached hydrogens (tertiary/aromatic N) is 2. The lowest BCUT2D eigenvalue weighted by atomic mass is 10.2. The summed E-state index contributed by atoms with van der Waals surface area (Å²) in [5.41, 5.74) is 1.19. The maximum atomic E-state index is 13.4. The second-order valence-corrected chi connectivity index (χ2v) is 8.84. The van der Waals surface area contributed by atoms with Crippen molar-refractivity contribution in [2.75, 3.05) is 16.2 Å². The van der Waals surface area contributed by atoms with E-state index in [4.69, 9.17) is 16.1 Å². The summed E-state index contributed by atoms with van der Waals surface area (Å²) in [6, 6.07) is 8.88. The highest BCUT2D eigenvalue weighted by atomic mass is 35.5. The first kappa shape index (κ1) is 22.5. The standard InChI is InChI=1S/C21H19ClFN3O4S/c1-4-11-26(17-8-6-16(23)7-9-17)31(28,29)19-12-15(5-10-18(19)22)21(27)24-20-13(2)25-30-14(20)3/h4-10,12H,1,11H2,2-3H3,(H,24,27). The van der Waals surface area contributed by atoms with E-state index in [9.17, 15) is 17.6 Å². The number of aryl methyl sites for hydroxylation is 2. The van der Waals surface area contributed by atoms with E-state index in [1.54, 1.807) is 13.8 Å². The van der Waals surface area contributed by atoms with Gasteiger partial charge < -0.3 is 9.84 Å². The van der Waals surface area contributed by atoms with E-state index in [1.807, 2.05) is 0 Å². The summed E-state index contributed by atoms with van der Waals surface area (Å²) >= 11 is 6.19. The number of carbonyl (C=O) groups excluding carboxylic acids is 1. The van der Waals surface area contributed by atoms with Gasteiger partial charge in [-0.05, 0) is 56.3 Å². The van der Waals surface area contributed by atoms with Gasteiger partial charge in [0.15, 0.2) is 5.76 Å². The Morgan fingerprint density at radius 3 is 2.52 bits per heavy atom. The number of anilines is 2. The fourth-order valence-corrected chi connectivity index (χ4v) is 4.81. The fourth-order valence-electron chi connectivity index (χ4n) is 2.88.